The highest BCUT2D eigenvalue weighted by molar-refractivity contribution is 5.98. The second kappa shape index (κ2) is 3.95. The lowest BCUT2D eigenvalue weighted by Crippen LogP contribution is -2.46. The van der Waals surface area contributed by atoms with Gasteiger partial charge in [0.15, 0.2) is 0 Å². The molecule has 0 atom stereocenters. The first-order chi connectivity index (χ1) is 6.43. The first-order valence-corrected chi connectivity index (χ1v) is 4.05. The van der Waals surface area contributed by atoms with Gasteiger partial charge in [0.2, 0.25) is 5.91 Å². The van der Waals surface area contributed by atoms with Crippen LogP contribution in [-0.4, -0.2) is 42.5 Å². The van der Waals surface area contributed by atoms with Gasteiger partial charge < -0.3 is 5.32 Å². The van der Waals surface area contributed by atoms with Crippen molar-refractivity contribution in [2.24, 2.45) is 0 Å². The van der Waals surface area contributed by atoms with E-state index in [0.717, 1.165) is 0 Å². The molecule has 0 saturated carbocycles. The van der Waals surface area contributed by atoms with Crippen molar-refractivity contribution in [2.75, 3.05) is 19.6 Å². The highest BCUT2D eigenvalue weighted by Gasteiger charge is 2.44. The molecular weight excluding hydrogens is 201 g/mol. The Hall–Kier alpha value is -1.11. The van der Waals surface area contributed by atoms with E-state index in [2.05, 4.69) is 5.32 Å². The Morgan fingerprint density at radius 1 is 1.43 bits per heavy atom. The van der Waals surface area contributed by atoms with Crippen molar-refractivity contribution in [2.45, 2.75) is 12.6 Å². The van der Waals surface area contributed by atoms with Crippen LogP contribution in [0.15, 0.2) is 0 Å². The van der Waals surface area contributed by atoms with E-state index in [9.17, 15) is 22.8 Å². The molecule has 0 unspecified atom stereocenters. The van der Waals surface area contributed by atoms with Crippen LogP contribution in [0.25, 0.3) is 0 Å². The smallest absolute Gasteiger partial charge is 0.308 e. The third-order valence-corrected chi connectivity index (χ3v) is 1.80. The summed E-state index contributed by atoms with van der Waals surface area (Å²) in [4.78, 5) is 22.0. The van der Waals surface area contributed by atoms with Gasteiger partial charge in [-0.1, -0.05) is 0 Å². The van der Waals surface area contributed by atoms with Crippen molar-refractivity contribution in [1.82, 2.24) is 10.2 Å². The molecule has 0 spiro atoms. The number of hydrogen-bond acceptors (Lipinski definition) is 3. The van der Waals surface area contributed by atoms with Crippen molar-refractivity contribution >= 4 is 11.8 Å². The normalized spacial score (nSPS) is 19.4. The van der Waals surface area contributed by atoms with Gasteiger partial charge >= 0.3 is 12.1 Å². The van der Waals surface area contributed by atoms with Crippen LogP contribution in [0.1, 0.15) is 6.42 Å². The second-order valence-electron chi connectivity index (χ2n) is 2.88. The number of rotatable bonds is 0. The number of nitrogens with zero attached hydrogens (tertiary/aromatic N) is 1. The van der Waals surface area contributed by atoms with Crippen LogP contribution in [-0.2, 0) is 9.59 Å². The maximum atomic E-state index is 12.0. The summed E-state index contributed by atoms with van der Waals surface area (Å²) in [6.07, 6.45) is -4.63. The third-order valence-electron chi connectivity index (χ3n) is 1.80. The summed E-state index contributed by atoms with van der Waals surface area (Å²) in [5.74, 6) is -2.91. The highest BCUT2D eigenvalue weighted by atomic mass is 19.4. The quantitative estimate of drug-likeness (QED) is 0.607. The summed E-state index contributed by atoms with van der Waals surface area (Å²) in [6.45, 7) is 0.0410. The molecule has 1 rings (SSSR count). The molecule has 1 aliphatic heterocycles. The molecule has 0 aliphatic carbocycles. The Morgan fingerprint density at radius 2 is 2.07 bits per heavy atom. The maximum Gasteiger partial charge on any atom is 0.471 e. The van der Waals surface area contributed by atoms with E-state index in [1.165, 1.54) is 0 Å². The van der Waals surface area contributed by atoms with Gasteiger partial charge in [-0.2, -0.15) is 13.2 Å². The Labute approximate surface area is 78.1 Å². The molecule has 1 heterocycles. The minimum atomic E-state index is -4.97. The zero-order valence-electron chi connectivity index (χ0n) is 7.23. The maximum absolute atomic E-state index is 12.0. The molecule has 2 amide bonds. The number of carbonyl (C=O) groups is 2. The molecule has 14 heavy (non-hydrogen) atoms. The molecule has 0 radical (unpaired) electrons. The molecule has 0 aromatic heterocycles. The minimum Gasteiger partial charge on any atom is -0.308 e. The van der Waals surface area contributed by atoms with E-state index < -0.39 is 18.0 Å². The predicted octanol–water partition coefficient (Wildman–Crippen LogP) is -0.103. The SMILES string of the molecule is O=C1CNCCCN1C(=O)C(F)(F)F. The lowest BCUT2D eigenvalue weighted by Gasteiger charge is -2.19. The van der Waals surface area contributed by atoms with Crippen LogP contribution in [0, 0.1) is 0 Å². The van der Waals surface area contributed by atoms with E-state index in [1.807, 2.05) is 0 Å². The molecule has 1 saturated heterocycles. The van der Waals surface area contributed by atoms with Gasteiger partial charge in [0, 0.05) is 6.54 Å². The van der Waals surface area contributed by atoms with Gasteiger partial charge in [-0.3, -0.25) is 14.5 Å². The van der Waals surface area contributed by atoms with Crippen LogP contribution < -0.4 is 5.32 Å². The number of amides is 2. The average molecular weight is 210 g/mol. The Kier molecular flexibility index (Phi) is 3.10. The fraction of sp³-hybridized carbons (Fsp3) is 0.714. The Morgan fingerprint density at radius 3 is 2.64 bits per heavy atom. The standard InChI is InChI=1S/C7H9F3N2O2/c8-7(9,10)6(14)12-3-1-2-11-4-5(12)13/h11H,1-4H2. The predicted molar refractivity (Wildman–Crippen MR) is 40.3 cm³/mol. The lowest BCUT2D eigenvalue weighted by molar-refractivity contribution is -0.187. The summed E-state index contributed by atoms with van der Waals surface area (Å²) in [6, 6.07) is 0. The summed E-state index contributed by atoms with van der Waals surface area (Å²) in [5.41, 5.74) is 0. The number of alkyl halides is 3. The summed E-state index contributed by atoms with van der Waals surface area (Å²) in [7, 11) is 0. The Bertz CT molecular complexity index is 252. The van der Waals surface area contributed by atoms with Gasteiger partial charge in [0.1, 0.15) is 0 Å². The van der Waals surface area contributed by atoms with Gasteiger partial charge in [-0.05, 0) is 13.0 Å². The van der Waals surface area contributed by atoms with E-state index >= 15 is 0 Å². The molecular formula is C7H9F3N2O2. The minimum absolute atomic E-state index is 0.176. The fourth-order valence-electron chi connectivity index (χ4n) is 1.15. The van der Waals surface area contributed by atoms with Crippen molar-refractivity contribution in [3.8, 4) is 0 Å². The molecule has 80 valence electrons. The van der Waals surface area contributed by atoms with Gasteiger partial charge in [0.05, 0.1) is 6.54 Å². The molecule has 1 N–H and O–H groups in total. The van der Waals surface area contributed by atoms with Crippen LogP contribution in [0.2, 0.25) is 0 Å². The monoisotopic (exact) mass is 210 g/mol. The zero-order valence-corrected chi connectivity index (χ0v) is 7.23. The van der Waals surface area contributed by atoms with Crippen molar-refractivity contribution < 1.29 is 22.8 Å². The first kappa shape index (κ1) is 11.0. The van der Waals surface area contributed by atoms with Crippen LogP contribution in [0.3, 0.4) is 0 Å². The molecule has 1 fully saturated rings. The third kappa shape index (κ3) is 2.44. The summed E-state index contributed by atoms with van der Waals surface area (Å²) >= 11 is 0. The molecule has 0 bridgehead atoms. The van der Waals surface area contributed by atoms with Crippen LogP contribution >= 0.6 is 0 Å². The van der Waals surface area contributed by atoms with Crippen LogP contribution in [0.4, 0.5) is 13.2 Å². The topological polar surface area (TPSA) is 49.4 Å². The van der Waals surface area contributed by atoms with Gasteiger partial charge in [0.25, 0.3) is 0 Å². The van der Waals surface area contributed by atoms with Crippen LogP contribution in [0.5, 0.6) is 0 Å². The molecule has 0 aromatic carbocycles. The van der Waals surface area contributed by atoms with Crippen molar-refractivity contribution in [3.05, 3.63) is 0 Å². The fourth-order valence-corrected chi connectivity index (χ4v) is 1.15. The van der Waals surface area contributed by atoms with E-state index in [-0.39, 0.29) is 18.0 Å². The number of carbonyl (C=O) groups excluding carboxylic acids is 2. The van der Waals surface area contributed by atoms with Gasteiger partial charge in [-0.25, -0.2) is 0 Å². The molecule has 7 heteroatoms. The van der Waals surface area contributed by atoms with E-state index in [0.29, 0.717) is 13.0 Å². The average Bonchev–Trinajstić information content (AvgIpc) is 2.27. The summed E-state index contributed by atoms with van der Waals surface area (Å²) in [5, 5.41) is 2.62. The molecule has 4 nitrogen and oxygen atoms in total. The first-order valence-electron chi connectivity index (χ1n) is 4.05. The van der Waals surface area contributed by atoms with E-state index in [4.69, 9.17) is 0 Å². The number of hydrogen-bond donors (Lipinski definition) is 1. The van der Waals surface area contributed by atoms with E-state index in [1.54, 1.807) is 0 Å². The Balaban J connectivity index is 2.74. The highest BCUT2D eigenvalue weighted by Crippen LogP contribution is 2.19. The molecule has 1 aliphatic rings. The largest absolute Gasteiger partial charge is 0.471 e. The molecule has 0 aromatic rings. The zero-order chi connectivity index (χ0) is 10.8. The summed E-state index contributed by atoms with van der Waals surface area (Å²) < 4.78 is 35.9. The second-order valence-corrected chi connectivity index (χ2v) is 2.88. The van der Waals surface area contributed by atoms with Gasteiger partial charge in [-0.15, -0.1) is 0 Å². The lowest BCUT2D eigenvalue weighted by atomic mass is 10.3. The van der Waals surface area contributed by atoms with Crippen molar-refractivity contribution in [1.29, 1.82) is 0 Å². The number of nitrogens with one attached hydrogen (secondary N) is 1. The number of halogens is 3. The number of imide groups is 1. The van der Waals surface area contributed by atoms with Crippen molar-refractivity contribution in [3.63, 3.8) is 0 Å².